The lowest BCUT2D eigenvalue weighted by molar-refractivity contribution is -0.160. The molecule has 3 unspecified atom stereocenters. The molecule has 3 rings (SSSR count). The molecule has 2 heterocycles. The van der Waals surface area contributed by atoms with Gasteiger partial charge in [-0.2, -0.15) is 0 Å². The minimum absolute atomic E-state index is 0.0632. The number of hydrogen-bond donors (Lipinski definition) is 1. The predicted molar refractivity (Wildman–Crippen MR) is 118 cm³/mol. The van der Waals surface area contributed by atoms with Crippen molar-refractivity contribution >= 4 is 5.97 Å². The van der Waals surface area contributed by atoms with Crippen LogP contribution in [0.5, 0.6) is 11.5 Å². The maximum absolute atomic E-state index is 12.7. The minimum atomic E-state index is -0.578. The van der Waals surface area contributed by atoms with Crippen LogP contribution >= 0.6 is 0 Å². The molecule has 2 N–H and O–H groups in total. The van der Waals surface area contributed by atoms with Crippen molar-refractivity contribution in [2.45, 2.75) is 65.1 Å². The number of carbonyl (C=O) groups is 1. The number of carbonyl (C=O) groups excluding carboxylic acids is 1. The van der Waals surface area contributed by atoms with Crippen molar-refractivity contribution in [1.82, 2.24) is 4.90 Å². The van der Waals surface area contributed by atoms with Crippen LogP contribution in [0.25, 0.3) is 0 Å². The number of fused-ring (bicyclic) bond motifs is 3. The van der Waals surface area contributed by atoms with Crippen LogP contribution in [0.15, 0.2) is 12.1 Å². The molecule has 2 aliphatic rings. The summed E-state index contributed by atoms with van der Waals surface area (Å²) in [6.45, 7) is 10.3. The predicted octanol–water partition coefficient (Wildman–Crippen LogP) is 3.56. The second-order valence-electron chi connectivity index (χ2n) is 9.54. The third-order valence-electron chi connectivity index (χ3n) is 6.60. The molecule has 1 saturated heterocycles. The van der Waals surface area contributed by atoms with Gasteiger partial charge in [-0.1, -0.05) is 27.7 Å². The van der Waals surface area contributed by atoms with Gasteiger partial charge >= 0.3 is 5.97 Å². The number of piperidine rings is 1. The fourth-order valence-electron chi connectivity index (χ4n) is 4.88. The Balaban J connectivity index is 1.88. The molecule has 30 heavy (non-hydrogen) atoms. The summed E-state index contributed by atoms with van der Waals surface area (Å²) in [4.78, 5) is 15.2. The highest BCUT2D eigenvalue weighted by atomic mass is 16.5. The maximum Gasteiger partial charge on any atom is 0.323 e. The average Bonchev–Trinajstić information content (AvgIpc) is 2.71. The van der Waals surface area contributed by atoms with Crippen LogP contribution in [0, 0.1) is 17.8 Å². The first-order valence-electron chi connectivity index (χ1n) is 11.2. The second-order valence-corrected chi connectivity index (χ2v) is 9.54. The van der Waals surface area contributed by atoms with Crippen molar-refractivity contribution < 1.29 is 19.0 Å². The van der Waals surface area contributed by atoms with Gasteiger partial charge in [0.15, 0.2) is 11.5 Å². The van der Waals surface area contributed by atoms with Crippen molar-refractivity contribution in [1.29, 1.82) is 0 Å². The van der Waals surface area contributed by atoms with Crippen LogP contribution < -0.4 is 15.2 Å². The second kappa shape index (κ2) is 9.56. The fourth-order valence-corrected chi connectivity index (χ4v) is 4.88. The van der Waals surface area contributed by atoms with E-state index in [0.717, 1.165) is 43.9 Å². The monoisotopic (exact) mass is 418 g/mol. The molecule has 0 radical (unpaired) electrons. The third-order valence-corrected chi connectivity index (χ3v) is 6.60. The van der Waals surface area contributed by atoms with E-state index < -0.39 is 6.04 Å². The van der Waals surface area contributed by atoms with Gasteiger partial charge in [-0.05, 0) is 47.9 Å². The van der Waals surface area contributed by atoms with Gasteiger partial charge in [0.05, 0.1) is 14.2 Å². The quantitative estimate of drug-likeness (QED) is 0.683. The molecular formula is C24H38N2O4. The number of methoxy groups -OCH3 is 2. The van der Waals surface area contributed by atoms with Gasteiger partial charge in [-0.3, -0.25) is 9.69 Å². The van der Waals surface area contributed by atoms with E-state index in [1.165, 1.54) is 11.1 Å². The lowest BCUT2D eigenvalue weighted by Crippen LogP contribution is -2.51. The molecule has 1 aromatic rings. The Morgan fingerprint density at radius 3 is 2.43 bits per heavy atom. The van der Waals surface area contributed by atoms with E-state index in [1.807, 2.05) is 13.8 Å². The third kappa shape index (κ3) is 4.75. The van der Waals surface area contributed by atoms with Gasteiger partial charge in [0.2, 0.25) is 0 Å². The Labute approximate surface area is 181 Å². The Kier molecular flexibility index (Phi) is 7.30. The number of nitrogens with zero attached hydrogens (tertiary/aromatic N) is 1. The van der Waals surface area contributed by atoms with Crippen molar-refractivity contribution in [3.05, 3.63) is 23.3 Å². The zero-order valence-electron chi connectivity index (χ0n) is 19.3. The largest absolute Gasteiger partial charge is 0.493 e. The molecule has 168 valence electrons. The summed E-state index contributed by atoms with van der Waals surface area (Å²) < 4.78 is 17.1. The number of ether oxygens (including phenoxy) is 3. The maximum atomic E-state index is 12.7. The first kappa shape index (κ1) is 22.9. The van der Waals surface area contributed by atoms with Crippen LogP contribution in [0.1, 0.15) is 57.7 Å². The summed E-state index contributed by atoms with van der Waals surface area (Å²) in [6, 6.07) is 3.84. The van der Waals surface area contributed by atoms with E-state index in [1.54, 1.807) is 14.2 Å². The molecule has 6 nitrogen and oxygen atoms in total. The lowest BCUT2D eigenvalue weighted by Gasteiger charge is -2.47. The van der Waals surface area contributed by atoms with Gasteiger partial charge in [0.1, 0.15) is 12.1 Å². The SMILES string of the molecule is COc1cc2c(cc1OC)[C@@H]1CC(OC(=O)C(N)C(C)C)C(CC(C)C)CN1CC2. The van der Waals surface area contributed by atoms with Gasteiger partial charge in [-0.25, -0.2) is 0 Å². The summed E-state index contributed by atoms with van der Waals surface area (Å²) in [5, 5.41) is 0. The molecule has 6 heteroatoms. The highest BCUT2D eigenvalue weighted by Gasteiger charge is 2.41. The number of esters is 1. The van der Waals surface area contributed by atoms with E-state index in [9.17, 15) is 4.79 Å². The van der Waals surface area contributed by atoms with Crippen molar-refractivity contribution in [2.24, 2.45) is 23.5 Å². The minimum Gasteiger partial charge on any atom is -0.493 e. The van der Waals surface area contributed by atoms with E-state index in [0.29, 0.717) is 11.8 Å². The highest BCUT2D eigenvalue weighted by Crippen LogP contribution is 2.44. The molecule has 0 spiro atoms. The standard InChI is InChI=1S/C24H38N2O4/c1-14(2)9-17-13-26-8-7-16-10-21(28-5)22(29-6)11-18(16)19(26)12-20(17)30-24(27)23(25)15(3)4/h10-11,14-15,17,19-20,23H,7-9,12-13,25H2,1-6H3/t17?,19-,20?,23?/m0/s1. The number of benzene rings is 1. The molecule has 0 aromatic heterocycles. The summed E-state index contributed by atoms with van der Waals surface area (Å²) >= 11 is 0. The molecule has 0 aliphatic carbocycles. The van der Waals surface area contributed by atoms with Gasteiger partial charge in [0, 0.05) is 31.5 Å². The Morgan fingerprint density at radius 2 is 1.83 bits per heavy atom. The average molecular weight is 419 g/mol. The smallest absolute Gasteiger partial charge is 0.323 e. The Hall–Kier alpha value is -1.79. The molecule has 1 aromatic carbocycles. The molecule has 4 atom stereocenters. The van der Waals surface area contributed by atoms with Gasteiger partial charge in [-0.15, -0.1) is 0 Å². The fraction of sp³-hybridized carbons (Fsp3) is 0.708. The summed E-state index contributed by atoms with van der Waals surface area (Å²) in [7, 11) is 3.34. The number of rotatable bonds is 7. The van der Waals surface area contributed by atoms with Gasteiger partial charge in [0.25, 0.3) is 0 Å². The first-order chi connectivity index (χ1) is 14.2. The van der Waals surface area contributed by atoms with E-state index in [2.05, 4.69) is 30.9 Å². The molecule has 1 fully saturated rings. The van der Waals surface area contributed by atoms with Crippen LogP contribution in [-0.2, 0) is 16.0 Å². The van der Waals surface area contributed by atoms with Gasteiger partial charge < -0.3 is 19.9 Å². The number of nitrogens with two attached hydrogens (primary N) is 1. The molecule has 2 aliphatic heterocycles. The molecule has 0 bridgehead atoms. The number of hydrogen-bond acceptors (Lipinski definition) is 6. The van der Waals surface area contributed by atoms with Crippen LogP contribution in [0.4, 0.5) is 0 Å². The lowest BCUT2D eigenvalue weighted by atomic mass is 9.79. The van der Waals surface area contributed by atoms with Crippen LogP contribution in [0.3, 0.4) is 0 Å². The van der Waals surface area contributed by atoms with Crippen molar-refractivity contribution in [3.63, 3.8) is 0 Å². The highest BCUT2D eigenvalue weighted by molar-refractivity contribution is 5.76. The molecule has 0 amide bonds. The van der Waals surface area contributed by atoms with Crippen molar-refractivity contribution in [2.75, 3.05) is 27.3 Å². The Morgan fingerprint density at radius 1 is 1.17 bits per heavy atom. The first-order valence-corrected chi connectivity index (χ1v) is 11.2. The summed E-state index contributed by atoms with van der Waals surface area (Å²) in [6.07, 6.45) is 2.70. The summed E-state index contributed by atoms with van der Waals surface area (Å²) in [5.74, 6) is 2.18. The van der Waals surface area contributed by atoms with Crippen molar-refractivity contribution in [3.8, 4) is 11.5 Å². The molecular weight excluding hydrogens is 380 g/mol. The zero-order valence-corrected chi connectivity index (χ0v) is 19.3. The topological polar surface area (TPSA) is 74.0 Å². The Bertz CT molecular complexity index is 749. The van der Waals surface area contributed by atoms with E-state index in [4.69, 9.17) is 19.9 Å². The zero-order chi connectivity index (χ0) is 22.0. The normalized spacial score (nSPS) is 24.9. The van der Waals surface area contributed by atoms with Crippen LogP contribution in [0.2, 0.25) is 0 Å². The van der Waals surface area contributed by atoms with E-state index >= 15 is 0 Å². The molecule has 0 saturated carbocycles. The summed E-state index contributed by atoms with van der Waals surface area (Å²) in [5.41, 5.74) is 8.64. The van der Waals surface area contributed by atoms with Crippen LogP contribution in [-0.4, -0.2) is 50.3 Å². The van der Waals surface area contributed by atoms with E-state index in [-0.39, 0.29) is 24.0 Å².